The summed E-state index contributed by atoms with van der Waals surface area (Å²) in [5.74, 6) is 6.23. The summed E-state index contributed by atoms with van der Waals surface area (Å²) in [7, 11) is 1.55. The number of rotatable bonds is 6. The van der Waals surface area contributed by atoms with Crippen LogP contribution in [0, 0.1) is 18.8 Å². The highest BCUT2D eigenvalue weighted by Gasteiger charge is 1.81. The zero-order valence-corrected chi connectivity index (χ0v) is 8.38. The average molecular weight is 180 g/mol. The maximum Gasteiger partial charge on any atom is 0.106 e. The van der Waals surface area contributed by atoms with Crippen LogP contribution in [0.3, 0.4) is 0 Å². The smallest absolute Gasteiger partial charge is 0.106 e. The summed E-state index contributed by atoms with van der Waals surface area (Å²) in [5.41, 5.74) is 0. The van der Waals surface area contributed by atoms with Crippen LogP contribution < -0.4 is 0 Å². The van der Waals surface area contributed by atoms with Gasteiger partial charge in [0.1, 0.15) is 7.11 Å². The predicted molar refractivity (Wildman–Crippen MR) is 56.3 cm³/mol. The van der Waals surface area contributed by atoms with Crippen molar-refractivity contribution >= 4 is 6.21 Å². The molecule has 0 saturated heterocycles. The Labute approximate surface area is 81.4 Å². The van der Waals surface area contributed by atoms with E-state index in [9.17, 15) is 0 Å². The quantitative estimate of drug-likeness (QED) is 0.266. The van der Waals surface area contributed by atoms with Crippen molar-refractivity contribution in [3.63, 3.8) is 0 Å². The molecule has 0 rings (SSSR count). The molecule has 0 amide bonds. The first-order valence-corrected chi connectivity index (χ1v) is 4.71. The van der Waals surface area contributed by atoms with Crippen molar-refractivity contribution in [3.05, 3.63) is 6.92 Å². The van der Waals surface area contributed by atoms with E-state index in [1.165, 1.54) is 0 Å². The summed E-state index contributed by atoms with van der Waals surface area (Å²) in [5, 5.41) is 3.64. The molecule has 0 N–H and O–H groups in total. The Bertz CT molecular complexity index is 176. The summed E-state index contributed by atoms with van der Waals surface area (Å²) in [6.45, 7) is 3.75. The molecule has 0 aliphatic carbocycles. The Kier molecular flexibility index (Phi) is 10.2. The van der Waals surface area contributed by atoms with E-state index in [-0.39, 0.29) is 0 Å². The molecule has 1 radical (unpaired) electrons. The highest BCUT2D eigenvalue weighted by Crippen LogP contribution is 1.93. The zero-order valence-electron chi connectivity index (χ0n) is 8.38. The fraction of sp³-hybridized carbons (Fsp3) is 0.636. The Morgan fingerprint density at radius 3 is 2.62 bits per heavy atom. The lowest BCUT2D eigenvalue weighted by Crippen LogP contribution is -1.77. The number of unbranched alkanes of at least 4 members (excludes halogenated alkanes) is 4. The van der Waals surface area contributed by atoms with Crippen molar-refractivity contribution in [1.82, 2.24) is 0 Å². The lowest BCUT2D eigenvalue weighted by molar-refractivity contribution is 0.214. The van der Waals surface area contributed by atoms with Crippen molar-refractivity contribution in [2.24, 2.45) is 5.16 Å². The molecule has 0 aromatic carbocycles. The Hall–Kier alpha value is -0.970. The Balaban J connectivity index is 3.13. The molecule has 0 aromatic heterocycles. The van der Waals surface area contributed by atoms with Crippen molar-refractivity contribution in [1.29, 1.82) is 0 Å². The average Bonchev–Trinajstić information content (AvgIpc) is 2.16. The van der Waals surface area contributed by atoms with E-state index < -0.39 is 0 Å². The third-order valence-electron chi connectivity index (χ3n) is 1.49. The van der Waals surface area contributed by atoms with Crippen LogP contribution in [0.2, 0.25) is 0 Å². The van der Waals surface area contributed by atoms with Gasteiger partial charge in [-0.25, -0.2) is 0 Å². The van der Waals surface area contributed by atoms with E-state index in [0.717, 1.165) is 38.5 Å². The molecule has 0 aliphatic rings. The van der Waals surface area contributed by atoms with Gasteiger partial charge in [0.2, 0.25) is 0 Å². The number of nitrogens with zero attached hydrogens (tertiary/aromatic N) is 1. The minimum Gasteiger partial charge on any atom is -0.399 e. The van der Waals surface area contributed by atoms with Crippen LogP contribution in [0.1, 0.15) is 38.5 Å². The molecule has 0 heterocycles. The summed E-state index contributed by atoms with van der Waals surface area (Å²) in [6, 6.07) is 0. The molecule has 0 fully saturated rings. The lowest BCUT2D eigenvalue weighted by atomic mass is 10.2. The largest absolute Gasteiger partial charge is 0.399 e. The first-order valence-electron chi connectivity index (χ1n) is 4.71. The number of hydrogen-bond donors (Lipinski definition) is 0. The Morgan fingerprint density at radius 2 is 2.00 bits per heavy atom. The highest BCUT2D eigenvalue weighted by molar-refractivity contribution is 5.56. The summed E-state index contributed by atoms with van der Waals surface area (Å²) < 4.78 is 0. The maximum atomic E-state index is 4.53. The van der Waals surface area contributed by atoms with E-state index in [2.05, 4.69) is 28.8 Å². The molecule has 13 heavy (non-hydrogen) atoms. The topological polar surface area (TPSA) is 21.6 Å². The zero-order chi connectivity index (χ0) is 9.78. The molecule has 0 aliphatic heterocycles. The van der Waals surface area contributed by atoms with Gasteiger partial charge >= 0.3 is 0 Å². The van der Waals surface area contributed by atoms with Gasteiger partial charge in [-0.1, -0.05) is 18.5 Å². The van der Waals surface area contributed by atoms with Gasteiger partial charge in [0.15, 0.2) is 0 Å². The molecule has 0 aromatic rings. The van der Waals surface area contributed by atoms with Gasteiger partial charge < -0.3 is 4.84 Å². The van der Waals surface area contributed by atoms with Crippen molar-refractivity contribution in [2.45, 2.75) is 38.5 Å². The second-order valence-electron chi connectivity index (χ2n) is 2.67. The van der Waals surface area contributed by atoms with Gasteiger partial charge in [-0.3, -0.25) is 0 Å². The first kappa shape index (κ1) is 12.0. The monoisotopic (exact) mass is 180 g/mol. The van der Waals surface area contributed by atoms with Crippen LogP contribution in [-0.2, 0) is 4.84 Å². The highest BCUT2D eigenvalue weighted by atomic mass is 16.6. The third kappa shape index (κ3) is 11.0. The molecule has 2 nitrogen and oxygen atoms in total. The standard InChI is InChI=1S/C11H18NO/c1-3-4-5-6-7-8-9-10-11-12-13-2/h11H,1,3-5,8-10H2,2H3. The van der Waals surface area contributed by atoms with Gasteiger partial charge in [0.05, 0.1) is 0 Å². The number of hydrogen-bond acceptors (Lipinski definition) is 2. The predicted octanol–water partition coefficient (Wildman–Crippen LogP) is 2.80. The van der Waals surface area contributed by atoms with E-state index in [1.54, 1.807) is 13.3 Å². The fourth-order valence-corrected chi connectivity index (χ4v) is 0.799. The Morgan fingerprint density at radius 1 is 1.31 bits per heavy atom. The normalized spacial score (nSPS) is 9.69. The van der Waals surface area contributed by atoms with E-state index in [1.807, 2.05) is 0 Å². The molecule has 2 heteroatoms. The van der Waals surface area contributed by atoms with E-state index in [0.29, 0.717) is 0 Å². The minimum atomic E-state index is 0.942. The minimum absolute atomic E-state index is 0.942. The fourth-order valence-electron chi connectivity index (χ4n) is 0.799. The second kappa shape index (κ2) is 11.0. The third-order valence-corrected chi connectivity index (χ3v) is 1.49. The van der Waals surface area contributed by atoms with Crippen LogP contribution in [0.15, 0.2) is 5.16 Å². The molecule has 0 bridgehead atoms. The van der Waals surface area contributed by atoms with Gasteiger partial charge in [0, 0.05) is 19.1 Å². The van der Waals surface area contributed by atoms with Crippen LogP contribution in [0.4, 0.5) is 0 Å². The van der Waals surface area contributed by atoms with Crippen LogP contribution in [0.5, 0.6) is 0 Å². The molecule has 0 unspecified atom stereocenters. The van der Waals surface area contributed by atoms with Crippen molar-refractivity contribution in [2.75, 3.05) is 7.11 Å². The summed E-state index contributed by atoms with van der Waals surface area (Å²) in [6.07, 6.45) is 7.80. The van der Waals surface area contributed by atoms with Gasteiger partial charge in [-0.15, -0.1) is 11.8 Å². The molecule has 0 spiro atoms. The maximum absolute atomic E-state index is 4.53. The SMILES string of the molecule is [CH2]CCCC#CCCCC=NOC. The lowest BCUT2D eigenvalue weighted by Gasteiger charge is -1.87. The van der Waals surface area contributed by atoms with Crippen LogP contribution in [-0.4, -0.2) is 13.3 Å². The first-order chi connectivity index (χ1) is 6.41. The van der Waals surface area contributed by atoms with Crippen molar-refractivity contribution < 1.29 is 4.84 Å². The van der Waals surface area contributed by atoms with E-state index in [4.69, 9.17) is 0 Å². The molecule has 0 saturated carbocycles. The van der Waals surface area contributed by atoms with Gasteiger partial charge in [-0.05, 0) is 19.3 Å². The molecular formula is C11H18NO. The summed E-state index contributed by atoms with van der Waals surface area (Å²) in [4.78, 5) is 4.53. The molecule has 0 atom stereocenters. The number of oxime groups is 1. The van der Waals surface area contributed by atoms with Crippen LogP contribution >= 0.6 is 0 Å². The van der Waals surface area contributed by atoms with Crippen molar-refractivity contribution in [3.8, 4) is 11.8 Å². The summed E-state index contributed by atoms with van der Waals surface area (Å²) >= 11 is 0. The second-order valence-corrected chi connectivity index (χ2v) is 2.67. The van der Waals surface area contributed by atoms with Crippen LogP contribution in [0.25, 0.3) is 0 Å². The molecular weight excluding hydrogens is 162 g/mol. The van der Waals surface area contributed by atoms with E-state index >= 15 is 0 Å². The van der Waals surface area contributed by atoms with Gasteiger partial charge in [-0.2, -0.15) is 0 Å². The van der Waals surface area contributed by atoms with Gasteiger partial charge in [0.25, 0.3) is 0 Å². The molecule has 73 valence electrons.